The lowest BCUT2D eigenvalue weighted by Gasteiger charge is -2.08. The zero-order valence-electron chi connectivity index (χ0n) is 22.0. The van der Waals surface area contributed by atoms with Crippen LogP contribution in [0.3, 0.4) is 0 Å². The molecule has 9 rings (SSSR count). The van der Waals surface area contributed by atoms with E-state index in [0.29, 0.717) is 0 Å². The highest BCUT2D eigenvalue weighted by Crippen LogP contribution is 2.45. The third kappa shape index (κ3) is 3.30. The Bertz CT molecular complexity index is 2410. The first-order valence-corrected chi connectivity index (χ1v) is 14.7. The summed E-state index contributed by atoms with van der Waals surface area (Å²) < 4.78 is 11.7. The Hall–Kier alpha value is -5.12. The van der Waals surface area contributed by atoms with E-state index >= 15 is 0 Å². The van der Waals surface area contributed by atoms with E-state index in [1.54, 1.807) is 0 Å². The molecule has 0 fully saturated rings. The highest BCUT2D eigenvalue weighted by molar-refractivity contribution is 7.26. The van der Waals surface area contributed by atoms with Crippen molar-refractivity contribution in [2.24, 2.45) is 0 Å². The standard InChI is InChI=1S/C38H23NOS/c1-3-11-24(12-4-1)27-16-9-18-29-30-19-10-17-28(37(30)40-36(27)29)25-21-22-32-34(23-25)41-38-31-15-7-8-20-33(31)39(35(32)38)26-13-5-2-6-14-26/h1-23H. The number of hydrogen-bond donors (Lipinski definition) is 0. The molecule has 3 heterocycles. The average Bonchev–Trinajstić information content (AvgIpc) is 3.70. The minimum absolute atomic E-state index is 0.936. The first-order valence-electron chi connectivity index (χ1n) is 13.9. The Morgan fingerprint density at radius 3 is 1.88 bits per heavy atom. The fourth-order valence-electron chi connectivity index (χ4n) is 6.37. The molecule has 0 aliphatic heterocycles. The van der Waals surface area contributed by atoms with Gasteiger partial charge in [0.2, 0.25) is 0 Å². The van der Waals surface area contributed by atoms with Crippen LogP contribution < -0.4 is 0 Å². The van der Waals surface area contributed by atoms with E-state index in [-0.39, 0.29) is 0 Å². The largest absolute Gasteiger partial charge is 0.455 e. The van der Waals surface area contributed by atoms with Crippen molar-refractivity contribution in [2.45, 2.75) is 0 Å². The van der Waals surface area contributed by atoms with Crippen LogP contribution >= 0.6 is 11.3 Å². The molecule has 0 spiro atoms. The zero-order valence-corrected chi connectivity index (χ0v) is 22.9. The first kappa shape index (κ1) is 22.7. The Morgan fingerprint density at radius 1 is 0.488 bits per heavy atom. The van der Waals surface area contributed by atoms with Crippen molar-refractivity contribution in [1.29, 1.82) is 0 Å². The van der Waals surface area contributed by atoms with Crippen LogP contribution in [0, 0.1) is 0 Å². The van der Waals surface area contributed by atoms with Crippen molar-refractivity contribution in [3.63, 3.8) is 0 Å². The molecule has 0 atom stereocenters. The predicted molar refractivity (Wildman–Crippen MR) is 174 cm³/mol. The van der Waals surface area contributed by atoms with Crippen molar-refractivity contribution in [2.75, 3.05) is 0 Å². The summed E-state index contributed by atoms with van der Waals surface area (Å²) in [4.78, 5) is 0. The van der Waals surface area contributed by atoms with Crippen molar-refractivity contribution in [1.82, 2.24) is 4.57 Å². The van der Waals surface area contributed by atoms with Crippen molar-refractivity contribution < 1.29 is 4.42 Å². The smallest absolute Gasteiger partial charge is 0.143 e. The van der Waals surface area contributed by atoms with E-state index in [0.717, 1.165) is 38.6 Å². The molecule has 0 saturated carbocycles. The Labute approximate surface area is 240 Å². The molecular formula is C38H23NOS. The van der Waals surface area contributed by atoms with E-state index in [9.17, 15) is 0 Å². The van der Waals surface area contributed by atoms with Crippen LogP contribution in [-0.4, -0.2) is 4.57 Å². The molecule has 3 heteroatoms. The van der Waals surface area contributed by atoms with Gasteiger partial charge >= 0.3 is 0 Å². The molecule has 192 valence electrons. The van der Waals surface area contributed by atoms with Gasteiger partial charge in [0.05, 0.1) is 15.7 Å². The highest BCUT2D eigenvalue weighted by Gasteiger charge is 2.19. The summed E-state index contributed by atoms with van der Waals surface area (Å²) in [6, 6.07) is 49.7. The second-order valence-corrected chi connectivity index (χ2v) is 11.6. The maximum absolute atomic E-state index is 6.71. The monoisotopic (exact) mass is 541 g/mol. The molecule has 0 bridgehead atoms. The normalized spacial score (nSPS) is 11.9. The Balaban J connectivity index is 1.28. The summed E-state index contributed by atoms with van der Waals surface area (Å²) in [5, 5.41) is 4.86. The number of thiophene rings is 1. The SMILES string of the molecule is c1ccc(-c2cccc3c2oc2c(-c4ccc5c(c4)sc4c6ccccc6n(-c6ccccc6)c54)cccc23)cc1. The Kier molecular flexibility index (Phi) is 4.80. The maximum Gasteiger partial charge on any atom is 0.143 e. The van der Waals surface area contributed by atoms with Gasteiger partial charge in [-0.1, -0.05) is 115 Å². The van der Waals surface area contributed by atoms with Crippen LogP contribution in [0.5, 0.6) is 0 Å². The van der Waals surface area contributed by atoms with Gasteiger partial charge in [-0.05, 0) is 35.4 Å². The van der Waals surface area contributed by atoms with E-state index in [1.807, 2.05) is 11.3 Å². The van der Waals surface area contributed by atoms with Gasteiger partial charge in [-0.15, -0.1) is 11.3 Å². The third-order valence-corrected chi connectivity index (χ3v) is 9.39. The van der Waals surface area contributed by atoms with Crippen molar-refractivity contribution in [3.05, 3.63) is 140 Å². The van der Waals surface area contributed by atoms with Crippen LogP contribution in [0.1, 0.15) is 0 Å². The minimum atomic E-state index is 0.936. The van der Waals surface area contributed by atoms with Crippen molar-refractivity contribution in [3.8, 4) is 27.9 Å². The quantitative estimate of drug-likeness (QED) is 0.217. The van der Waals surface area contributed by atoms with Gasteiger partial charge < -0.3 is 8.98 Å². The number of fused-ring (bicyclic) bond motifs is 8. The van der Waals surface area contributed by atoms with E-state index in [1.165, 1.54) is 42.5 Å². The molecule has 9 aromatic rings. The lowest BCUT2D eigenvalue weighted by atomic mass is 10.00. The molecule has 0 unspecified atom stereocenters. The molecule has 0 aliphatic rings. The van der Waals surface area contributed by atoms with E-state index in [4.69, 9.17) is 4.42 Å². The molecular weight excluding hydrogens is 518 g/mol. The fourth-order valence-corrected chi connectivity index (χ4v) is 7.63. The number of rotatable bonds is 3. The molecule has 3 aromatic heterocycles. The molecule has 0 amide bonds. The number of aromatic nitrogens is 1. The van der Waals surface area contributed by atoms with Crippen LogP contribution in [0.2, 0.25) is 0 Å². The molecule has 0 N–H and O–H groups in total. The molecule has 2 nitrogen and oxygen atoms in total. The maximum atomic E-state index is 6.71. The number of hydrogen-bond acceptors (Lipinski definition) is 2. The number of furan rings is 1. The highest BCUT2D eigenvalue weighted by atomic mass is 32.1. The summed E-state index contributed by atoms with van der Waals surface area (Å²) in [7, 11) is 0. The second kappa shape index (κ2) is 8.69. The summed E-state index contributed by atoms with van der Waals surface area (Å²) in [5.41, 5.74) is 10.1. The van der Waals surface area contributed by atoms with Crippen LogP contribution in [0.15, 0.2) is 144 Å². The number of nitrogens with zero attached hydrogens (tertiary/aromatic N) is 1. The van der Waals surface area contributed by atoms with Gasteiger partial charge in [0, 0.05) is 43.1 Å². The zero-order chi connectivity index (χ0) is 26.9. The van der Waals surface area contributed by atoms with E-state index in [2.05, 4.69) is 144 Å². The van der Waals surface area contributed by atoms with Crippen molar-refractivity contribution >= 4 is 64.5 Å². The molecule has 41 heavy (non-hydrogen) atoms. The van der Waals surface area contributed by atoms with Gasteiger partial charge in [0.15, 0.2) is 0 Å². The fraction of sp³-hybridized carbons (Fsp3) is 0. The van der Waals surface area contributed by atoms with Crippen LogP contribution in [-0.2, 0) is 0 Å². The summed E-state index contributed by atoms with van der Waals surface area (Å²) >= 11 is 1.87. The predicted octanol–water partition coefficient (Wildman–Crippen LogP) is 11.2. The minimum Gasteiger partial charge on any atom is -0.455 e. The summed E-state index contributed by atoms with van der Waals surface area (Å²) in [5.74, 6) is 0. The van der Waals surface area contributed by atoms with Crippen LogP contribution in [0.4, 0.5) is 0 Å². The lowest BCUT2D eigenvalue weighted by molar-refractivity contribution is 0.671. The van der Waals surface area contributed by atoms with Gasteiger partial charge in [-0.2, -0.15) is 0 Å². The molecule has 6 aromatic carbocycles. The van der Waals surface area contributed by atoms with Gasteiger partial charge in [-0.3, -0.25) is 0 Å². The molecule has 0 radical (unpaired) electrons. The molecule has 0 saturated heterocycles. The Morgan fingerprint density at radius 2 is 1.12 bits per heavy atom. The lowest BCUT2D eigenvalue weighted by Crippen LogP contribution is -1.92. The molecule has 0 aliphatic carbocycles. The topological polar surface area (TPSA) is 18.1 Å². The third-order valence-electron chi connectivity index (χ3n) is 8.21. The van der Waals surface area contributed by atoms with Crippen LogP contribution in [0.25, 0.3) is 81.1 Å². The van der Waals surface area contributed by atoms with Gasteiger partial charge in [-0.25, -0.2) is 0 Å². The van der Waals surface area contributed by atoms with Gasteiger partial charge in [0.1, 0.15) is 11.2 Å². The van der Waals surface area contributed by atoms with E-state index < -0.39 is 0 Å². The van der Waals surface area contributed by atoms with Gasteiger partial charge in [0.25, 0.3) is 0 Å². The average molecular weight is 542 g/mol. The number of para-hydroxylation sites is 4. The first-order chi connectivity index (χ1) is 20.3. The summed E-state index contributed by atoms with van der Waals surface area (Å²) in [6.07, 6.45) is 0. The summed E-state index contributed by atoms with van der Waals surface area (Å²) in [6.45, 7) is 0. The second-order valence-electron chi connectivity index (χ2n) is 10.5. The number of benzene rings is 6.